The van der Waals surface area contributed by atoms with Crippen molar-refractivity contribution in [1.82, 2.24) is 0 Å². The van der Waals surface area contributed by atoms with Crippen molar-refractivity contribution < 1.29 is 19.0 Å². The second kappa shape index (κ2) is 6.75. The molecular formula is C12H17NO4. The molecule has 0 spiro atoms. The Morgan fingerprint density at radius 3 is 2.76 bits per heavy atom. The number of benzene rings is 1. The zero-order chi connectivity index (χ0) is 12.7. The Balaban J connectivity index is 2.70. The van der Waals surface area contributed by atoms with Gasteiger partial charge >= 0.3 is 5.97 Å². The van der Waals surface area contributed by atoms with Crippen molar-refractivity contribution in [1.29, 1.82) is 0 Å². The number of hydrogen-bond acceptors (Lipinski definition) is 5. The molecule has 0 unspecified atom stereocenters. The van der Waals surface area contributed by atoms with Crippen LogP contribution in [0.3, 0.4) is 0 Å². The summed E-state index contributed by atoms with van der Waals surface area (Å²) in [5.41, 5.74) is 6.39. The van der Waals surface area contributed by atoms with E-state index in [1.807, 2.05) is 0 Å². The SMILES string of the molecule is CCOC(=O)COc1cc(OC)ccc1CN. The molecule has 17 heavy (non-hydrogen) atoms. The predicted molar refractivity (Wildman–Crippen MR) is 63.0 cm³/mol. The molecule has 0 aliphatic rings. The average Bonchev–Trinajstić information content (AvgIpc) is 2.36. The van der Waals surface area contributed by atoms with Crippen LogP contribution in [0, 0.1) is 0 Å². The van der Waals surface area contributed by atoms with Gasteiger partial charge in [-0.1, -0.05) is 6.07 Å². The molecule has 0 aromatic heterocycles. The van der Waals surface area contributed by atoms with Crippen LogP contribution in [0.25, 0.3) is 0 Å². The zero-order valence-electron chi connectivity index (χ0n) is 10.1. The number of carbonyl (C=O) groups is 1. The molecule has 0 heterocycles. The van der Waals surface area contributed by atoms with Gasteiger partial charge in [-0.05, 0) is 13.0 Å². The number of ether oxygens (including phenoxy) is 3. The molecule has 2 N–H and O–H groups in total. The van der Waals surface area contributed by atoms with E-state index >= 15 is 0 Å². The van der Waals surface area contributed by atoms with E-state index in [-0.39, 0.29) is 6.61 Å². The van der Waals surface area contributed by atoms with Crippen molar-refractivity contribution in [3.8, 4) is 11.5 Å². The third kappa shape index (κ3) is 3.96. The van der Waals surface area contributed by atoms with Crippen LogP contribution in [0.2, 0.25) is 0 Å². The van der Waals surface area contributed by atoms with E-state index in [4.69, 9.17) is 19.9 Å². The van der Waals surface area contributed by atoms with Crippen molar-refractivity contribution >= 4 is 5.97 Å². The average molecular weight is 239 g/mol. The molecule has 5 heteroatoms. The highest BCUT2D eigenvalue weighted by atomic mass is 16.6. The maximum atomic E-state index is 11.2. The molecule has 0 atom stereocenters. The van der Waals surface area contributed by atoms with Gasteiger partial charge in [0.05, 0.1) is 13.7 Å². The molecule has 94 valence electrons. The maximum absolute atomic E-state index is 11.2. The molecule has 0 saturated carbocycles. The molecule has 0 saturated heterocycles. The molecule has 0 amide bonds. The Morgan fingerprint density at radius 2 is 2.18 bits per heavy atom. The summed E-state index contributed by atoms with van der Waals surface area (Å²) in [4.78, 5) is 11.2. The zero-order valence-corrected chi connectivity index (χ0v) is 10.1. The summed E-state index contributed by atoms with van der Waals surface area (Å²) in [5.74, 6) is 0.791. The van der Waals surface area contributed by atoms with Crippen LogP contribution in [0.15, 0.2) is 18.2 Å². The number of esters is 1. The summed E-state index contributed by atoms with van der Waals surface area (Å²) in [6, 6.07) is 5.29. The first-order valence-electron chi connectivity index (χ1n) is 5.36. The fourth-order valence-corrected chi connectivity index (χ4v) is 1.30. The fourth-order valence-electron chi connectivity index (χ4n) is 1.30. The number of hydrogen-bond donors (Lipinski definition) is 1. The molecule has 0 fully saturated rings. The van der Waals surface area contributed by atoms with Gasteiger partial charge in [0.15, 0.2) is 6.61 Å². The lowest BCUT2D eigenvalue weighted by Gasteiger charge is -2.11. The highest BCUT2D eigenvalue weighted by Crippen LogP contribution is 2.24. The van der Waals surface area contributed by atoms with E-state index in [9.17, 15) is 4.79 Å². The van der Waals surface area contributed by atoms with Gasteiger partial charge in [0.25, 0.3) is 0 Å². The number of carbonyl (C=O) groups excluding carboxylic acids is 1. The summed E-state index contributed by atoms with van der Waals surface area (Å²) >= 11 is 0. The number of rotatable bonds is 6. The minimum Gasteiger partial charge on any atom is -0.497 e. The minimum absolute atomic E-state index is 0.131. The second-order valence-electron chi connectivity index (χ2n) is 3.27. The van der Waals surface area contributed by atoms with E-state index in [1.165, 1.54) is 0 Å². The Bertz CT molecular complexity index is 379. The number of nitrogens with two attached hydrogens (primary N) is 1. The van der Waals surface area contributed by atoms with Crippen molar-refractivity contribution in [3.05, 3.63) is 23.8 Å². The van der Waals surface area contributed by atoms with Gasteiger partial charge < -0.3 is 19.9 Å². The largest absolute Gasteiger partial charge is 0.497 e. The Labute approximate surface area is 100 Å². The van der Waals surface area contributed by atoms with Crippen molar-refractivity contribution in [2.24, 2.45) is 5.73 Å². The Morgan fingerprint density at radius 1 is 1.41 bits per heavy atom. The van der Waals surface area contributed by atoms with Crippen LogP contribution in [0.4, 0.5) is 0 Å². The molecule has 0 bridgehead atoms. The summed E-state index contributed by atoms with van der Waals surface area (Å²) in [6.45, 7) is 2.29. The second-order valence-corrected chi connectivity index (χ2v) is 3.27. The molecule has 5 nitrogen and oxygen atoms in total. The fraction of sp³-hybridized carbons (Fsp3) is 0.417. The van der Waals surface area contributed by atoms with Gasteiger partial charge in [0.1, 0.15) is 11.5 Å². The first-order valence-corrected chi connectivity index (χ1v) is 5.36. The quantitative estimate of drug-likeness (QED) is 0.752. The van der Waals surface area contributed by atoms with Gasteiger partial charge in [-0.3, -0.25) is 0 Å². The topological polar surface area (TPSA) is 70.8 Å². The summed E-state index contributed by atoms with van der Waals surface area (Å²) in [5, 5.41) is 0. The highest BCUT2D eigenvalue weighted by Gasteiger charge is 2.08. The third-order valence-corrected chi connectivity index (χ3v) is 2.15. The molecule has 0 radical (unpaired) electrons. The maximum Gasteiger partial charge on any atom is 0.344 e. The first kappa shape index (κ1) is 13.3. The van der Waals surface area contributed by atoms with Gasteiger partial charge in [-0.25, -0.2) is 4.79 Å². The van der Waals surface area contributed by atoms with Crippen LogP contribution in [0.5, 0.6) is 11.5 Å². The lowest BCUT2D eigenvalue weighted by Crippen LogP contribution is -2.15. The van der Waals surface area contributed by atoms with Crippen molar-refractivity contribution in [3.63, 3.8) is 0 Å². The summed E-state index contributed by atoms with van der Waals surface area (Å²) in [7, 11) is 1.56. The Kier molecular flexibility index (Phi) is 5.29. The summed E-state index contributed by atoms with van der Waals surface area (Å²) < 4.78 is 15.2. The molecule has 0 aliphatic carbocycles. The standard InChI is InChI=1S/C12H17NO4/c1-3-16-12(14)8-17-11-6-10(15-2)5-4-9(11)7-13/h4-6H,3,7-8,13H2,1-2H3. The van der Waals surface area contributed by atoms with Gasteiger partial charge in [-0.2, -0.15) is 0 Å². The molecule has 0 aliphatic heterocycles. The number of methoxy groups -OCH3 is 1. The van der Waals surface area contributed by atoms with Crippen LogP contribution in [-0.2, 0) is 16.1 Å². The van der Waals surface area contributed by atoms with Gasteiger partial charge in [0, 0.05) is 18.2 Å². The van der Waals surface area contributed by atoms with Crippen LogP contribution >= 0.6 is 0 Å². The van der Waals surface area contributed by atoms with Crippen molar-refractivity contribution in [2.45, 2.75) is 13.5 Å². The van der Waals surface area contributed by atoms with E-state index in [2.05, 4.69) is 0 Å². The van der Waals surface area contributed by atoms with E-state index in [0.29, 0.717) is 24.7 Å². The van der Waals surface area contributed by atoms with Gasteiger partial charge in [0.2, 0.25) is 0 Å². The molecule has 1 aromatic rings. The predicted octanol–water partition coefficient (Wildman–Crippen LogP) is 1.10. The molecule has 1 rings (SSSR count). The highest BCUT2D eigenvalue weighted by molar-refractivity contribution is 5.71. The third-order valence-electron chi connectivity index (χ3n) is 2.15. The molecule has 1 aromatic carbocycles. The first-order chi connectivity index (χ1) is 8.21. The minimum atomic E-state index is -0.404. The lowest BCUT2D eigenvalue weighted by molar-refractivity contribution is -0.145. The summed E-state index contributed by atoms with van der Waals surface area (Å²) in [6.07, 6.45) is 0. The van der Waals surface area contributed by atoms with Crippen LogP contribution in [-0.4, -0.2) is 26.3 Å². The van der Waals surface area contributed by atoms with Crippen LogP contribution < -0.4 is 15.2 Å². The van der Waals surface area contributed by atoms with Gasteiger partial charge in [-0.15, -0.1) is 0 Å². The Hall–Kier alpha value is -1.75. The lowest BCUT2D eigenvalue weighted by atomic mass is 10.2. The van der Waals surface area contributed by atoms with E-state index in [1.54, 1.807) is 32.2 Å². The van der Waals surface area contributed by atoms with Crippen LogP contribution in [0.1, 0.15) is 12.5 Å². The van der Waals surface area contributed by atoms with Crippen molar-refractivity contribution in [2.75, 3.05) is 20.3 Å². The monoisotopic (exact) mass is 239 g/mol. The van der Waals surface area contributed by atoms with E-state index < -0.39 is 5.97 Å². The normalized spacial score (nSPS) is 9.82. The van der Waals surface area contributed by atoms with E-state index in [0.717, 1.165) is 5.56 Å². The smallest absolute Gasteiger partial charge is 0.344 e. The molecular weight excluding hydrogens is 222 g/mol.